The third-order valence-electron chi connectivity index (χ3n) is 0.792. The third kappa shape index (κ3) is 24.6. The van der Waals surface area contributed by atoms with E-state index in [4.69, 9.17) is 0 Å². The van der Waals surface area contributed by atoms with Crippen LogP contribution in [-0.4, -0.2) is 32.2 Å². The zero-order valence-corrected chi connectivity index (χ0v) is 9.81. The molecule has 0 heterocycles. The largest absolute Gasteiger partial charge is 0.323 e. The van der Waals surface area contributed by atoms with Gasteiger partial charge in [-0.05, 0) is 41.3 Å². The average Bonchev–Trinajstić information content (AvgIpc) is 1.98. The molecule has 0 amide bonds. The molecule has 1 N–H and O–H groups in total. The molecule has 0 spiro atoms. The SMILES string of the molecule is CCCN=C=NC(C)(C)C.CNC. The third-order valence-corrected chi connectivity index (χ3v) is 0.792. The number of aliphatic imine (C=N–C) groups is 2. The number of nitrogens with zero attached hydrogens (tertiary/aromatic N) is 2. The fraction of sp³-hybridized carbons (Fsp3) is 0.900. The average molecular weight is 185 g/mol. The van der Waals surface area contributed by atoms with Crippen molar-refractivity contribution >= 4 is 6.01 Å². The molecule has 0 bridgehead atoms. The summed E-state index contributed by atoms with van der Waals surface area (Å²) in [7, 11) is 3.75. The summed E-state index contributed by atoms with van der Waals surface area (Å²) in [5.74, 6) is 0. The minimum absolute atomic E-state index is 0.0305. The predicted octanol–water partition coefficient (Wildman–Crippen LogP) is 2.20. The lowest BCUT2D eigenvalue weighted by Gasteiger charge is -2.06. The van der Waals surface area contributed by atoms with E-state index < -0.39 is 0 Å². The first-order chi connectivity index (χ1) is 5.97. The van der Waals surface area contributed by atoms with Gasteiger partial charge in [-0.15, -0.1) is 0 Å². The normalized spacial score (nSPS) is 9.38. The fourth-order valence-electron chi connectivity index (χ4n) is 0.347. The highest BCUT2D eigenvalue weighted by Gasteiger charge is 2.03. The van der Waals surface area contributed by atoms with Gasteiger partial charge in [-0.25, -0.2) is 9.98 Å². The van der Waals surface area contributed by atoms with Crippen molar-refractivity contribution in [3.8, 4) is 0 Å². The molecule has 78 valence electrons. The molecule has 0 radical (unpaired) electrons. The van der Waals surface area contributed by atoms with Crippen LogP contribution in [0.1, 0.15) is 34.1 Å². The summed E-state index contributed by atoms with van der Waals surface area (Å²) in [6.07, 6.45) is 1.06. The van der Waals surface area contributed by atoms with Crippen LogP contribution in [0.5, 0.6) is 0 Å². The first kappa shape index (κ1) is 14.8. The summed E-state index contributed by atoms with van der Waals surface area (Å²) >= 11 is 0. The summed E-state index contributed by atoms with van der Waals surface area (Å²) in [5, 5.41) is 2.75. The van der Waals surface area contributed by atoms with Crippen molar-refractivity contribution in [3.63, 3.8) is 0 Å². The second kappa shape index (κ2) is 9.43. The van der Waals surface area contributed by atoms with E-state index in [-0.39, 0.29) is 5.54 Å². The molecule has 0 aliphatic carbocycles. The van der Waals surface area contributed by atoms with Crippen molar-refractivity contribution in [2.24, 2.45) is 9.98 Å². The van der Waals surface area contributed by atoms with Crippen LogP contribution in [-0.2, 0) is 0 Å². The van der Waals surface area contributed by atoms with Crippen molar-refractivity contribution in [1.82, 2.24) is 5.32 Å². The smallest absolute Gasteiger partial charge is 0.0898 e. The molecule has 0 fully saturated rings. The van der Waals surface area contributed by atoms with Crippen LogP contribution in [0.15, 0.2) is 9.98 Å². The van der Waals surface area contributed by atoms with Crippen molar-refractivity contribution in [2.75, 3.05) is 20.6 Å². The Morgan fingerprint density at radius 3 is 2.00 bits per heavy atom. The molecular formula is C10H23N3. The van der Waals surface area contributed by atoms with Crippen LogP contribution >= 0.6 is 0 Å². The molecule has 0 aromatic heterocycles. The Kier molecular flexibility index (Phi) is 10.8. The van der Waals surface area contributed by atoms with E-state index >= 15 is 0 Å². The first-order valence-corrected chi connectivity index (χ1v) is 4.69. The Balaban J connectivity index is 0. The Morgan fingerprint density at radius 1 is 1.23 bits per heavy atom. The monoisotopic (exact) mass is 185 g/mol. The molecule has 0 aliphatic heterocycles. The zero-order valence-electron chi connectivity index (χ0n) is 9.81. The lowest BCUT2D eigenvalue weighted by atomic mass is 10.1. The van der Waals surface area contributed by atoms with Crippen LogP contribution in [0.3, 0.4) is 0 Å². The quantitative estimate of drug-likeness (QED) is 0.658. The van der Waals surface area contributed by atoms with Gasteiger partial charge in [0.2, 0.25) is 0 Å². The highest BCUT2D eigenvalue weighted by atomic mass is 14.9. The summed E-state index contributed by atoms with van der Waals surface area (Å²) in [4.78, 5) is 8.04. The van der Waals surface area contributed by atoms with Crippen molar-refractivity contribution < 1.29 is 0 Å². The number of rotatable bonds is 2. The molecule has 0 aromatic carbocycles. The summed E-state index contributed by atoms with van der Waals surface area (Å²) < 4.78 is 0. The van der Waals surface area contributed by atoms with E-state index in [1.54, 1.807) is 0 Å². The Hall–Kier alpha value is -0.660. The summed E-state index contributed by atoms with van der Waals surface area (Å²) in [5.41, 5.74) is -0.0305. The Labute approximate surface area is 82.4 Å². The van der Waals surface area contributed by atoms with Crippen LogP contribution in [0.25, 0.3) is 0 Å². The predicted molar refractivity (Wildman–Crippen MR) is 59.8 cm³/mol. The van der Waals surface area contributed by atoms with Gasteiger partial charge >= 0.3 is 0 Å². The topological polar surface area (TPSA) is 36.8 Å². The Bertz CT molecular complexity index is 150. The number of hydrogen-bond donors (Lipinski definition) is 1. The maximum atomic E-state index is 4.08. The van der Waals surface area contributed by atoms with Crippen molar-refractivity contribution in [1.29, 1.82) is 0 Å². The molecule has 0 unspecified atom stereocenters. The van der Waals surface area contributed by atoms with Crippen LogP contribution < -0.4 is 5.32 Å². The van der Waals surface area contributed by atoms with Crippen LogP contribution in [0, 0.1) is 0 Å². The van der Waals surface area contributed by atoms with Gasteiger partial charge in [-0.1, -0.05) is 6.92 Å². The van der Waals surface area contributed by atoms with Gasteiger partial charge in [-0.3, -0.25) is 0 Å². The standard InChI is InChI=1S/C8H16N2.C2H7N/c1-5-6-9-7-10-8(2,3)4;1-3-2/h5-6H2,1-4H3;3H,1-2H3. The van der Waals surface area contributed by atoms with Gasteiger partial charge in [-0.2, -0.15) is 0 Å². The minimum atomic E-state index is -0.0305. The van der Waals surface area contributed by atoms with Crippen molar-refractivity contribution in [3.05, 3.63) is 0 Å². The molecule has 0 aromatic rings. The van der Waals surface area contributed by atoms with E-state index in [2.05, 4.69) is 28.2 Å². The summed E-state index contributed by atoms with van der Waals surface area (Å²) in [6, 6.07) is 2.68. The van der Waals surface area contributed by atoms with Gasteiger partial charge in [0.25, 0.3) is 0 Å². The number of hydrogen-bond acceptors (Lipinski definition) is 3. The summed E-state index contributed by atoms with van der Waals surface area (Å²) in [6.45, 7) is 9.01. The van der Waals surface area contributed by atoms with E-state index in [0.717, 1.165) is 13.0 Å². The molecule has 0 saturated heterocycles. The maximum absolute atomic E-state index is 4.08. The van der Waals surface area contributed by atoms with E-state index in [0.29, 0.717) is 0 Å². The van der Waals surface area contributed by atoms with Gasteiger partial charge in [0.1, 0.15) is 0 Å². The molecule has 3 nitrogen and oxygen atoms in total. The molecular weight excluding hydrogens is 162 g/mol. The molecule has 13 heavy (non-hydrogen) atoms. The second-order valence-corrected chi connectivity index (χ2v) is 3.76. The van der Waals surface area contributed by atoms with Crippen molar-refractivity contribution in [2.45, 2.75) is 39.7 Å². The van der Waals surface area contributed by atoms with Crippen LogP contribution in [0.4, 0.5) is 0 Å². The van der Waals surface area contributed by atoms with Gasteiger partial charge in [0.05, 0.1) is 11.5 Å². The lowest BCUT2D eigenvalue weighted by Crippen LogP contribution is -2.08. The highest BCUT2D eigenvalue weighted by Crippen LogP contribution is 2.03. The molecule has 0 atom stereocenters. The lowest BCUT2D eigenvalue weighted by molar-refractivity contribution is 0.586. The Morgan fingerprint density at radius 2 is 1.69 bits per heavy atom. The fourth-order valence-corrected chi connectivity index (χ4v) is 0.347. The molecule has 0 rings (SSSR count). The molecule has 0 aliphatic rings. The van der Waals surface area contributed by atoms with E-state index in [1.807, 2.05) is 34.9 Å². The van der Waals surface area contributed by atoms with Gasteiger partial charge in [0.15, 0.2) is 0 Å². The maximum Gasteiger partial charge on any atom is 0.0898 e. The number of nitrogens with one attached hydrogen (secondary N) is 1. The second-order valence-electron chi connectivity index (χ2n) is 3.76. The molecule has 0 saturated carbocycles. The van der Waals surface area contributed by atoms with Gasteiger partial charge < -0.3 is 5.32 Å². The molecule has 3 heteroatoms. The van der Waals surface area contributed by atoms with Gasteiger partial charge in [0, 0.05) is 6.54 Å². The zero-order chi connectivity index (χ0) is 10.7. The highest BCUT2D eigenvalue weighted by molar-refractivity contribution is 5.42. The van der Waals surface area contributed by atoms with E-state index in [9.17, 15) is 0 Å². The van der Waals surface area contributed by atoms with E-state index in [1.165, 1.54) is 0 Å². The minimum Gasteiger partial charge on any atom is -0.323 e. The first-order valence-electron chi connectivity index (χ1n) is 4.69. The van der Waals surface area contributed by atoms with Crippen LogP contribution in [0.2, 0.25) is 0 Å².